The summed E-state index contributed by atoms with van der Waals surface area (Å²) in [4.78, 5) is 21.1. The highest BCUT2D eigenvalue weighted by molar-refractivity contribution is 5.93. The van der Waals surface area contributed by atoms with Gasteiger partial charge in [-0.05, 0) is 39.8 Å². The van der Waals surface area contributed by atoms with Crippen molar-refractivity contribution in [1.82, 2.24) is 14.8 Å². The summed E-state index contributed by atoms with van der Waals surface area (Å²) in [5, 5.41) is 3.21. The van der Waals surface area contributed by atoms with Gasteiger partial charge in [-0.25, -0.2) is 0 Å². The molecule has 0 radical (unpaired) electrons. The molecule has 5 heteroatoms. The van der Waals surface area contributed by atoms with Crippen molar-refractivity contribution in [2.75, 3.05) is 38.0 Å². The third-order valence-corrected chi connectivity index (χ3v) is 3.88. The molecule has 1 aliphatic rings. The minimum atomic E-state index is 0.0308. The Morgan fingerprint density at radius 2 is 1.95 bits per heavy atom. The van der Waals surface area contributed by atoms with Gasteiger partial charge in [0.25, 0.3) is 5.91 Å². The largest absolute Gasteiger partial charge is 0.385 e. The van der Waals surface area contributed by atoms with Crippen LogP contribution in [0, 0.1) is 0 Å². The Hall–Kier alpha value is -1.62. The number of carbonyl (C=O) groups is 1. The van der Waals surface area contributed by atoms with Gasteiger partial charge in [-0.1, -0.05) is 0 Å². The normalized spacial score (nSPS) is 16.9. The standard InChI is InChI=1S/C16H26N4O/c1-5-17-13-6-7-18-14(12-13)15(21)19-8-10-20(11-9-19)16(2,3)4/h6-7,12H,5,8-11H2,1-4H3,(H,17,18). The van der Waals surface area contributed by atoms with E-state index in [1.54, 1.807) is 6.20 Å². The number of hydrogen-bond acceptors (Lipinski definition) is 4. The molecule has 2 rings (SSSR count). The summed E-state index contributed by atoms with van der Waals surface area (Å²) in [5.74, 6) is 0.0308. The molecule has 0 saturated carbocycles. The van der Waals surface area contributed by atoms with Gasteiger partial charge in [0.05, 0.1) is 0 Å². The molecule has 1 fully saturated rings. The minimum Gasteiger partial charge on any atom is -0.385 e. The molecule has 116 valence electrons. The van der Waals surface area contributed by atoms with Crippen LogP contribution in [0.25, 0.3) is 0 Å². The van der Waals surface area contributed by atoms with Gasteiger partial charge in [-0.3, -0.25) is 14.7 Å². The van der Waals surface area contributed by atoms with Crippen LogP contribution in [0.4, 0.5) is 5.69 Å². The van der Waals surface area contributed by atoms with Crippen LogP contribution in [0.15, 0.2) is 18.3 Å². The molecule has 0 bridgehead atoms. The fourth-order valence-corrected chi connectivity index (χ4v) is 2.60. The molecule has 5 nitrogen and oxygen atoms in total. The Kier molecular flexibility index (Phi) is 4.83. The Balaban J connectivity index is 2.00. The first kappa shape index (κ1) is 15.8. The van der Waals surface area contributed by atoms with E-state index in [0.29, 0.717) is 5.69 Å². The molecule has 1 aliphatic heterocycles. The van der Waals surface area contributed by atoms with E-state index in [2.05, 4.69) is 36.0 Å². The topological polar surface area (TPSA) is 48.5 Å². The molecule has 1 aromatic heterocycles. The third kappa shape index (κ3) is 3.94. The van der Waals surface area contributed by atoms with Gasteiger partial charge in [0.2, 0.25) is 0 Å². The summed E-state index contributed by atoms with van der Waals surface area (Å²) >= 11 is 0. The molecular weight excluding hydrogens is 264 g/mol. The number of amides is 1. The molecule has 0 aromatic carbocycles. The van der Waals surface area contributed by atoms with Gasteiger partial charge in [0.15, 0.2) is 0 Å². The van der Waals surface area contributed by atoms with Crippen molar-refractivity contribution >= 4 is 11.6 Å². The molecule has 0 spiro atoms. The van der Waals surface area contributed by atoms with Crippen molar-refractivity contribution in [2.45, 2.75) is 33.2 Å². The highest BCUT2D eigenvalue weighted by Gasteiger charge is 2.28. The number of carbonyl (C=O) groups excluding carboxylic acids is 1. The van der Waals surface area contributed by atoms with Crippen LogP contribution in [-0.4, -0.2) is 59.0 Å². The minimum absolute atomic E-state index is 0.0308. The molecule has 1 N–H and O–H groups in total. The van der Waals surface area contributed by atoms with Crippen molar-refractivity contribution in [3.63, 3.8) is 0 Å². The van der Waals surface area contributed by atoms with Crippen LogP contribution in [0.2, 0.25) is 0 Å². The lowest BCUT2D eigenvalue weighted by atomic mass is 10.0. The van der Waals surface area contributed by atoms with Crippen LogP contribution in [0.3, 0.4) is 0 Å². The zero-order valence-electron chi connectivity index (χ0n) is 13.5. The molecule has 1 amide bonds. The number of piperazine rings is 1. The van der Waals surface area contributed by atoms with E-state index < -0.39 is 0 Å². The molecule has 21 heavy (non-hydrogen) atoms. The van der Waals surface area contributed by atoms with Crippen molar-refractivity contribution < 1.29 is 4.79 Å². The average molecular weight is 290 g/mol. The second kappa shape index (κ2) is 6.43. The van der Waals surface area contributed by atoms with Crippen molar-refractivity contribution in [3.05, 3.63) is 24.0 Å². The van der Waals surface area contributed by atoms with E-state index in [4.69, 9.17) is 0 Å². The number of nitrogens with zero attached hydrogens (tertiary/aromatic N) is 3. The van der Waals surface area contributed by atoms with E-state index in [1.165, 1.54) is 0 Å². The first-order valence-electron chi connectivity index (χ1n) is 7.66. The van der Waals surface area contributed by atoms with Gasteiger partial charge in [0, 0.05) is 50.1 Å². The Morgan fingerprint density at radius 1 is 1.29 bits per heavy atom. The van der Waals surface area contributed by atoms with Crippen LogP contribution >= 0.6 is 0 Å². The van der Waals surface area contributed by atoms with Gasteiger partial charge in [-0.2, -0.15) is 0 Å². The number of aromatic nitrogens is 1. The third-order valence-electron chi connectivity index (χ3n) is 3.88. The summed E-state index contributed by atoms with van der Waals surface area (Å²) in [6, 6.07) is 3.72. The number of anilines is 1. The lowest BCUT2D eigenvalue weighted by molar-refractivity contribution is 0.0447. The second-order valence-electron chi connectivity index (χ2n) is 6.41. The fraction of sp³-hybridized carbons (Fsp3) is 0.625. The molecule has 2 heterocycles. The molecule has 0 atom stereocenters. The Morgan fingerprint density at radius 3 is 2.52 bits per heavy atom. The number of rotatable bonds is 3. The van der Waals surface area contributed by atoms with E-state index in [-0.39, 0.29) is 11.4 Å². The van der Waals surface area contributed by atoms with Crippen LogP contribution in [0.5, 0.6) is 0 Å². The quantitative estimate of drug-likeness (QED) is 0.926. The lowest BCUT2D eigenvalue weighted by Gasteiger charge is -2.42. The van der Waals surface area contributed by atoms with E-state index in [1.807, 2.05) is 24.0 Å². The van der Waals surface area contributed by atoms with Crippen molar-refractivity contribution in [2.24, 2.45) is 0 Å². The zero-order valence-corrected chi connectivity index (χ0v) is 13.5. The van der Waals surface area contributed by atoms with Gasteiger partial charge in [-0.15, -0.1) is 0 Å². The molecular formula is C16H26N4O. The molecule has 1 saturated heterocycles. The lowest BCUT2D eigenvalue weighted by Crippen LogP contribution is -2.54. The maximum atomic E-state index is 12.5. The summed E-state index contributed by atoms with van der Waals surface area (Å²) in [6.45, 7) is 12.9. The first-order chi connectivity index (χ1) is 9.91. The molecule has 0 aliphatic carbocycles. The van der Waals surface area contributed by atoms with Crippen LogP contribution in [-0.2, 0) is 0 Å². The van der Waals surface area contributed by atoms with Gasteiger partial charge in [0.1, 0.15) is 5.69 Å². The monoisotopic (exact) mass is 290 g/mol. The summed E-state index contributed by atoms with van der Waals surface area (Å²) in [5.41, 5.74) is 1.64. The second-order valence-corrected chi connectivity index (χ2v) is 6.41. The van der Waals surface area contributed by atoms with E-state index in [9.17, 15) is 4.79 Å². The fourth-order valence-electron chi connectivity index (χ4n) is 2.60. The molecule has 1 aromatic rings. The SMILES string of the molecule is CCNc1ccnc(C(=O)N2CCN(C(C)(C)C)CC2)c1. The highest BCUT2D eigenvalue weighted by atomic mass is 16.2. The zero-order chi connectivity index (χ0) is 15.5. The number of nitrogens with one attached hydrogen (secondary N) is 1. The van der Waals surface area contributed by atoms with Crippen LogP contribution in [0.1, 0.15) is 38.2 Å². The maximum absolute atomic E-state index is 12.5. The van der Waals surface area contributed by atoms with E-state index in [0.717, 1.165) is 38.4 Å². The first-order valence-corrected chi connectivity index (χ1v) is 7.66. The predicted octanol–water partition coefficient (Wildman–Crippen LogP) is 2.07. The number of pyridine rings is 1. The summed E-state index contributed by atoms with van der Waals surface area (Å²) < 4.78 is 0. The van der Waals surface area contributed by atoms with Crippen molar-refractivity contribution in [1.29, 1.82) is 0 Å². The number of hydrogen-bond donors (Lipinski definition) is 1. The summed E-state index contributed by atoms with van der Waals surface area (Å²) in [6.07, 6.45) is 1.69. The maximum Gasteiger partial charge on any atom is 0.272 e. The predicted molar refractivity (Wildman–Crippen MR) is 85.6 cm³/mol. The highest BCUT2D eigenvalue weighted by Crippen LogP contribution is 2.17. The van der Waals surface area contributed by atoms with Crippen LogP contribution < -0.4 is 5.32 Å². The van der Waals surface area contributed by atoms with Gasteiger partial charge < -0.3 is 10.2 Å². The van der Waals surface area contributed by atoms with Crippen molar-refractivity contribution in [3.8, 4) is 0 Å². The Labute approximate surface area is 127 Å². The smallest absolute Gasteiger partial charge is 0.272 e. The Bertz CT molecular complexity index is 487. The van der Waals surface area contributed by atoms with Gasteiger partial charge >= 0.3 is 0 Å². The molecule has 0 unspecified atom stereocenters. The summed E-state index contributed by atoms with van der Waals surface area (Å²) in [7, 11) is 0. The van der Waals surface area contributed by atoms with E-state index >= 15 is 0 Å². The average Bonchev–Trinajstić information content (AvgIpc) is 2.46.